The summed E-state index contributed by atoms with van der Waals surface area (Å²) in [5.74, 6) is -0.470. The summed E-state index contributed by atoms with van der Waals surface area (Å²) < 4.78 is 0. The van der Waals surface area contributed by atoms with Gasteiger partial charge in [0, 0.05) is 25.1 Å². The van der Waals surface area contributed by atoms with Gasteiger partial charge in [0.15, 0.2) is 0 Å². The van der Waals surface area contributed by atoms with Crippen LogP contribution in [0.15, 0.2) is 18.5 Å². The summed E-state index contributed by atoms with van der Waals surface area (Å²) >= 11 is 0. The van der Waals surface area contributed by atoms with Gasteiger partial charge >= 0.3 is 0 Å². The third kappa shape index (κ3) is 1.46. The molecule has 0 atom stereocenters. The highest BCUT2D eigenvalue weighted by atomic mass is 16.1. The van der Waals surface area contributed by atoms with E-state index in [0.29, 0.717) is 11.3 Å². The lowest BCUT2D eigenvalue weighted by Crippen LogP contribution is -2.13. The van der Waals surface area contributed by atoms with Gasteiger partial charge in [-0.2, -0.15) is 0 Å². The number of carbonyl (C=O) groups is 1. The van der Waals surface area contributed by atoms with Crippen LogP contribution in [0.4, 0.5) is 5.69 Å². The minimum atomic E-state index is -0.470. The van der Waals surface area contributed by atoms with E-state index in [9.17, 15) is 4.79 Å². The number of hydrogen-bond acceptors (Lipinski definition) is 3. The van der Waals surface area contributed by atoms with Gasteiger partial charge in [-0.1, -0.05) is 0 Å². The van der Waals surface area contributed by atoms with Crippen LogP contribution in [0.25, 0.3) is 0 Å². The zero-order chi connectivity index (χ0) is 8.27. The van der Waals surface area contributed by atoms with Crippen LogP contribution < -0.4 is 11.1 Å². The molecule has 1 heterocycles. The maximum atomic E-state index is 10.7. The molecule has 0 aliphatic carbocycles. The summed E-state index contributed by atoms with van der Waals surface area (Å²) in [7, 11) is 1.72. The van der Waals surface area contributed by atoms with E-state index in [4.69, 9.17) is 5.73 Å². The van der Waals surface area contributed by atoms with E-state index >= 15 is 0 Å². The summed E-state index contributed by atoms with van der Waals surface area (Å²) in [6, 6.07) is 1.69. The van der Waals surface area contributed by atoms with E-state index in [2.05, 4.69) is 10.3 Å². The van der Waals surface area contributed by atoms with Crippen molar-refractivity contribution < 1.29 is 4.79 Å². The molecule has 0 unspecified atom stereocenters. The number of primary amides is 1. The molecule has 0 radical (unpaired) electrons. The van der Waals surface area contributed by atoms with Crippen LogP contribution in [-0.2, 0) is 0 Å². The third-order valence-electron chi connectivity index (χ3n) is 1.36. The van der Waals surface area contributed by atoms with Crippen molar-refractivity contribution in [2.45, 2.75) is 0 Å². The van der Waals surface area contributed by atoms with Gasteiger partial charge in [0.25, 0.3) is 5.91 Å². The molecule has 0 bridgehead atoms. The number of carbonyl (C=O) groups excluding carboxylic acids is 1. The molecule has 0 saturated heterocycles. The first-order valence-electron chi connectivity index (χ1n) is 3.17. The number of anilines is 1. The van der Waals surface area contributed by atoms with Gasteiger partial charge in [-0.15, -0.1) is 0 Å². The molecule has 0 aliphatic rings. The van der Waals surface area contributed by atoms with Crippen molar-refractivity contribution in [1.82, 2.24) is 4.98 Å². The molecule has 3 N–H and O–H groups in total. The average molecular weight is 151 g/mol. The van der Waals surface area contributed by atoms with E-state index in [0.717, 1.165) is 0 Å². The van der Waals surface area contributed by atoms with Gasteiger partial charge in [-0.05, 0) is 6.07 Å². The maximum absolute atomic E-state index is 10.7. The van der Waals surface area contributed by atoms with Crippen LogP contribution in [0.1, 0.15) is 10.4 Å². The van der Waals surface area contributed by atoms with Crippen molar-refractivity contribution in [2.75, 3.05) is 12.4 Å². The second kappa shape index (κ2) is 3.01. The summed E-state index contributed by atoms with van der Waals surface area (Å²) in [4.78, 5) is 14.5. The number of aromatic nitrogens is 1. The first-order chi connectivity index (χ1) is 5.25. The van der Waals surface area contributed by atoms with Crippen LogP contribution in [0.3, 0.4) is 0 Å². The number of rotatable bonds is 2. The number of nitrogens with two attached hydrogens (primary N) is 1. The topological polar surface area (TPSA) is 68.0 Å². The summed E-state index contributed by atoms with van der Waals surface area (Å²) in [5.41, 5.74) is 6.18. The SMILES string of the molecule is CNc1ccncc1C(N)=O. The van der Waals surface area contributed by atoms with Crippen LogP contribution in [0.2, 0.25) is 0 Å². The maximum Gasteiger partial charge on any atom is 0.252 e. The standard InChI is InChI=1S/C7H9N3O/c1-9-6-2-3-10-4-5(6)7(8)11/h2-4H,1H3,(H2,8,11)(H,9,10). The van der Waals surface area contributed by atoms with Crippen molar-refractivity contribution in [3.05, 3.63) is 24.0 Å². The van der Waals surface area contributed by atoms with E-state index in [1.54, 1.807) is 19.3 Å². The lowest BCUT2D eigenvalue weighted by Gasteiger charge is -2.02. The lowest BCUT2D eigenvalue weighted by molar-refractivity contribution is 0.100. The molecule has 0 aromatic carbocycles. The van der Waals surface area contributed by atoms with Gasteiger partial charge < -0.3 is 11.1 Å². The molecule has 0 fully saturated rings. The number of nitrogens with zero attached hydrogens (tertiary/aromatic N) is 1. The zero-order valence-electron chi connectivity index (χ0n) is 6.16. The number of hydrogen-bond donors (Lipinski definition) is 2. The Labute approximate surface area is 64.4 Å². The van der Waals surface area contributed by atoms with Gasteiger partial charge in [0.05, 0.1) is 5.56 Å². The van der Waals surface area contributed by atoms with E-state index in [1.807, 2.05) is 0 Å². The molecule has 1 amide bonds. The van der Waals surface area contributed by atoms with Gasteiger partial charge in [0.2, 0.25) is 0 Å². The second-order valence-corrected chi connectivity index (χ2v) is 2.04. The molecule has 4 nitrogen and oxygen atoms in total. The molecular formula is C7H9N3O. The molecule has 58 valence electrons. The third-order valence-corrected chi connectivity index (χ3v) is 1.36. The zero-order valence-corrected chi connectivity index (χ0v) is 6.16. The number of pyridine rings is 1. The average Bonchev–Trinajstić information content (AvgIpc) is 2.04. The van der Waals surface area contributed by atoms with Crippen molar-refractivity contribution in [2.24, 2.45) is 5.73 Å². The smallest absolute Gasteiger partial charge is 0.252 e. The fourth-order valence-electron chi connectivity index (χ4n) is 0.809. The van der Waals surface area contributed by atoms with Crippen molar-refractivity contribution in [1.29, 1.82) is 0 Å². The van der Waals surface area contributed by atoms with E-state index in [1.165, 1.54) is 6.20 Å². The van der Waals surface area contributed by atoms with E-state index in [-0.39, 0.29) is 0 Å². The largest absolute Gasteiger partial charge is 0.387 e. The van der Waals surface area contributed by atoms with Crippen LogP contribution in [-0.4, -0.2) is 17.9 Å². The quantitative estimate of drug-likeness (QED) is 0.635. The molecule has 11 heavy (non-hydrogen) atoms. The van der Waals surface area contributed by atoms with Crippen LogP contribution in [0.5, 0.6) is 0 Å². The first-order valence-corrected chi connectivity index (χ1v) is 3.17. The lowest BCUT2D eigenvalue weighted by atomic mass is 10.2. The van der Waals surface area contributed by atoms with Crippen LogP contribution >= 0.6 is 0 Å². The summed E-state index contributed by atoms with van der Waals surface area (Å²) in [5, 5.41) is 2.84. The Kier molecular flexibility index (Phi) is 2.06. The molecule has 0 spiro atoms. The Morgan fingerprint density at radius 1 is 1.73 bits per heavy atom. The summed E-state index contributed by atoms with van der Waals surface area (Å²) in [6.45, 7) is 0. The van der Waals surface area contributed by atoms with Gasteiger partial charge in [-0.3, -0.25) is 9.78 Å². The summed E-state index contributed by atoms with van der Waals surface area (Å²) in [6.07, 6.45) is 3.03. The fourth-order valence-corrected chi connectivity index (χ4v) is 0.809. The van der Waals surface area contributed by atoms with Crippen molar-refractivity contribution in [3.8, 4) is 0 Å². The number of nitrogens with one attached hydrogen (secondary N) is 1. The molecule has 0 saturated carbocycles. The molecule has 1 rings (SSSR count). The molecule has 0 aliphatic heterocycles. The Hall–Kier alpha value is -1.58. The highest BCUT2D eigenvalue weighted by Crippen LogP contribution is 2.10. The number of amides is 1. The minimum absolute atomic E-state index is 0.412. The Morgan fingerprint density at radius 2 is 2.45 bits per heavy atom. The molecule has 1 aromatic rings. The normalized spacial score (nSPS) is 9.18. The predicted molar refractivity (Wildman–Crippen MR) is 42.3 cm³/mol. The Bertz CT molecular complexity index is 272. The molecule has 4 heteroatoms. The Morgan fingerprint density at radius 3 is 2.91 bits per heavy atom. The first kappa shape index (κ1) is 7.53. The van der Waals surface area contributed by atoms with Crippen molar-refractivity contribution >= 4 is 11.6 Å². The fraction of sp³-hybridized carbons (Fsp3) is 0.143. The molecule has 1 aromatic heterocycles. The highest BCUT2D eigenvalue weighted by Gasteiger charge is 2.04. The van der Waals surface area contributed by atoms with Gasteiger partial charge in [-0.25, -0.2) is 0 Å². The molecular weight excluding hydrogens is 142 g/mol. The van der Waals surface area contributed by atoms with Crippen molar-refractivity contribution in [3.63, 3.8) is 0 Å². The van der Waals surface area contributed by atoms with E-state index < -0.39 is 5.91 Å². The second-order valence-electron chi connectivity index (χ2n) is 2.04. The Balaban J connectivity index is 3.12. The van der Waals surface area contributed by atoms with Crippen LogP contribution in [0, 0.1) is 0 Å². The highest BCUT2D eigenvalue weighted by molar-refractivity contribution is 5.97. The minimum Gasteiger partial charge on any atom is -0.387 e. The van der Waals surface area contributed by atoms with Gasteiger partial charge in [0.1, 0.15) is 0 Å². The monoisotopic (exact) mass is 151 g/mol. The predicted octanol–water partition coefficient (Wildman–Crippen LogP) is 0.222.